The van der Waals surface area contributed by atoms with Crippen LogP contribution in [0.25, 0.3) is 0 Å². The largest absolute Gasteiger partial charge is 0.395 e. The number of aliphatic hydroxyl groups excluding tert-OH is 2. The van der Waals surface area contributed by atoms with Crippen molar-refractivity contribution in [2.24, 2.45) is 5.73 Å². The second-order valence-corrected chi connectivity index (χ2v) is 5.77. The summed E-state index contributed by atoms with van der Waals surface area (Å²) in [5.74, 6) is 0. The van der Waals surface area contributed by atoms with Crippen molar-refractivity contribution in [3.63, 3.8) is 0 Å². The third-order valence-electron chi connectivity index (χ3n) is 3.68. The maximum absolute atomic E-state index is 9.49. The van der Waals surface area contributed by atoms with Gasteiger partial charge < -0.3 is 15.9 Å². The molecule has 0 aromatic rings. The lowest BCUT2D eigenvalue weighted by Gasteiger charge is -2.11. The zero-order chi connectivity index (χ0) is 15.8. The molecule has 0 aliphatic heterocycles. The van der Waals surface area contributed by atoms with Gasteiger partial charge in [-0.15, -0.1) is 0 Å². The van der Waals surface area contributed by atoms with Crippen molar-refractivity contribution >= 4 is 0 Å². The zero-order valence-corrected chi connectivity index (χ0v) is 13.7. The number of unbranched alkanes of at least 4 members (excludes halogenated alkanes) is 9. The van der Waals surface area contributed by atoms with Crippen molar-refractivity contribution < 1.29 is 10.2 Å². The van der Waals surface area contributed by atoms with Gasteiger partial charge in [0.15, 0.2) is 0 Å². The van der Waals surface area contributed by atoms with E-state index in [1.165, 1.54) is 57.8 Å². The molecule has 0 aromatic heterocycles. The Morgan fingerprint density at radius 2 is 1.48 bits per heavy atom. The number of aliphatic hydroxyl groups is 2. The average Bonchev–Trinajstić information content (AvgIpc) is 2.50. The highest BCUT2D eigenvalue weighted by Crippen LogP contribution is 2.10. The Hall–Kier alpha value is -0.640. The molecule has 0 spiro atoms. The number of rotatable bonds is 14. The minimum atomic E-state index is -0.771. The summed E-state index contributed by atoms with van der Waals surface area (Å²) in [7, 11) is 0. The lowest BCUT2D eigenvalue weighted by atomic mass is 10.1. The highest BCUT2D eigenvalue weighted by molar-refractivity contribution is 5.06. The molecule has 3 heteroatoms. The SMILES string of the molecule is CCCCCCCCCCC/C=C/C=C/[C@@H](O)[C@@H](N)CO. The molecule has 0 aromatic carbocycles. The fraction of sp³-hybridized carbons (Fsp3) is 0.778. The molecule has 0 fully saturated rings. The van der Waals surface area contributed by atoms with E-state index in [9.17, 15) is 5.11 Å². The van der Waals surface area contributed by atoms with Gasteiger partial charge in [0.1, 0.15) is 0 Å². The molecule has 0 aliphatic carbocycles. The van der Waals surface area contributed by atoms with Crippen molar-refractivity contribution in [3.8, 4) is 0 Å². The number of allylic oxidation sites excluding steroid dienone is 3. The molecule has 0 saturated carbocycles. The molecule has 0 amide bonds. The van der Waals surface area contributed by atoms with Crippen LogP contribution in [0.4, 0.5) is 0 Å². The summed E-state index contributed by atoms with van der Waals surface area (Å²) < 4.78 is 0. The van der Waals surface area contributed by atoms with Gasteiger partial charge in [-0.05, 0) is 12.8 Å². The topological polar surface area (TPSA) is 66.5 Å². The fourth-order valence-electron chi connectivity index (χ4n) is 2.18. The molecule has 0 bridgehead atoms. The van der Waals surface area contributed by atoms with E-state index in [-0.39, 0.29) is 6.61 Å². The van der Waals surface area contributed by atoms with Crippen molar-refractivity contribution in [3.05, 3.63) is 24.3 Å². The van der Waals surface area contributed by atoms with E-state index < -0.39 is 12.1 Å². The van der Waals surface area contributed by atoms with Crippen LogP contribution in [-0.4, -0.2) is 29.0 Å². The Kier molecular flexibility index (Phi) is 15.3. The van der Waals surface area contributed by atoms with Gasteiger partial charge in [0, 0.05) is 0 Å². The van der Waals surface area contributed by atoms with Crippen LogP contribution in [0.2, 0.25) is 0 Å². The highest BCUT2D eigenvalue weighted by Gasteiger charge is 2.08. The molecule has 0 saturated heterocycles. The van der Waals surface area contributed by atoms with E-state index in [4.69, 9.17) is 10.8 Å². The van der Waals surface area contributed by atoms with Crippen LogP contribution in [0, 0.1) is 0 Å². The highest BCUT2D eigenvalue weighted by atomic mass is 16.3. The summed E-state index contributed by atoms with van der Waals surface area (Å²) in [6, 6.07) is -0.591. The van der Waals surface area contributed by atoms with Gasteiger partial charge in [-0.2, -0.15) is 0 Å². The second kappa shape index (κ2) is 15.7. The van der Waals surface area contributed by atoms with Gasteiger partial charge in [0.25, 0.3) is 0 Å². The van der Waals surface area contributed by atoms with E-state index in [1.54, 1.807) is 12.2 Å². The molecule has 0 rings (SSSR count). The summed E-state index contributed by atoms with van der Waals surface area (Å²) in [4.78, 5) is 0. The Balaban J connectivity index is 3.34. The molecule has 3 nitrogen and oxygen atoms in total. The molecule has 4 N–H and O–H groups in total. The van der Waals surface area contributed by atoms with Gasteiger partial charge in [-0.3, -0.25) is 0 Å². The first-order valence-corrected chi connectivity index (χ1v) is 8.60. The third-order valence-corrected chi connectivity index (χ3v) is 3.68. The van der Waals surface area contributed by atoms with Crippen LogP contribution >= 0.6 is 0 Å². The quantitative estimate of drug-likeness (QED) is 0.338. The Morgan fingerprint density at radius 3 is 2.05 bits per heavy atom. The molecule has 0 unspecified atom stereocenters. The second-order valence-electron chi connectivity index (χ2n) is 5.77. The minimum Gasteiger partial charge on any atom is -0.395 e. The van der Waals surface area contributed by atoms with Crippen LogP contribution in [0.3, 0.4) is 0 Å². The predicted molar refractivity (Wildman–Crippen MR) is 91.2 cm³/mol. The fourth-order valence-corrected chi connectivity index (χ4v) is 2.18. The standard InChI is InChI=1S/C18H35NO2/c1-2-3-4-5-6-7-8-9-10-11-12-13-14-15-18(21)17(19)16-20/h12-15,17-18,20-21H,2-11,16,19H2,1H3/b13-12+,15-14+/t17-,18+/m0/s1. The molecular weight excluding hydrogens is 262 g/mol. The summed E-state index contributed by atoms with van der Waals surface area (Å²) in [6.07, 6.45) is 20.0. The Morgan fingerprint density at radius 1 is 0.905 bits per heavy atom. The molecule has 0 heterocycles. The number of hydrogen-bond donors (Lipinski definition) is 3. The lowest BCUT2D eigenvalue weighted by molar-refractivity contribution is 0.144. The van der Waals surface area contributed by atoms with E-state index in [0.717, 1.165) is 6.42 Å². The van der Waals surface area contributed by atoms with Gasteiger partial charge >= 0.3 is 0 Å². The monoisotopic (exact) mass is 297 g/mol. The van der Waals surface area contributed by atoms with Crippen LogP contribution < -0.4 is 5.73 Å². The van der Waals surface area contributed by atoms with E-state index in [0.29, 0.717) is 0 Å². The molecule has 0 radical (unpaired) electrons. The summed E-state index contributed by atoms with van der Waals surface area (Å²) in [5, 5.41) is 18.3. The molecule has 2 atom stereocenters. The van der Waals surface area contributed by atoms with Gasteiger partial charge in [0.05, 0.1) is 18.8 Å². The molecule has 0 aliphatic rings. The molecule has 124 valence electrons. The smallest absolute Gasteiger partial charge is 0.0897 e. The van der Waals surface area contributed by atoms with E-state index in [2.05, 4.69) is 13.0 Å². The van der Waals surface area contributed by atoms with E-state index in [1.807, 2.05) is 6.08 Å². The van der Waals surface area contributed by atoms with Crippen molar-refractivity contribution in [2.45, 2.75) is 83.3 Å². The summed E-state index contributed by atoms with van der Waals surface area (Å²) in [5.41, 5.74) is 5.49. The van der Waals surface area contributed by atoms with Gasteiger partial charge in [0.2, 0.25) is 0 Å². The first kappa shape index (κ1) is 20.4. The van der Waals surface area contributed by atoms with Gasteiger partial charge in [-0.1, -0.05) is 82.6 Å². The summed E-state index contributed by atoms with van der Waals surface area (Å²) in [6.45, 7) is 2.05. The first-order valence-electron chi connectivity index (χ1n) is 8.60. The van der Waals surface area contributed by atoms with Gasteiger partial charge in [-0.25, -0.2) is 0 Å². The predicted octanol–water partition coefficient (Wildman–Crippen LogP) is 3.70. The minimum absolute atomic E-state index is 0.201. The number of hydrogen-bond acceptors (Lipinski definition) is 3. The maximum Gasteiger partial charge on any atom is 0.0897 e. The third kappa shape index (κ3) is 14.1. The van der Waals surface area contributed by atoms with Crippen molar-refractivity contribution in [1.29, 1.82) is 0 Å². The first-order chi connectivity index (χ1) is 10.2. The van der Waals surface area contributed by atoms with Crippen molar-refractivity contribution in [1.82, 2.24) is 0 Å². The lowest BCUT2D eigenvalue weighted by Crippen LogP contribution is -2.36. The Bertz CT molecular complexity index is 264. The normalized spacial score (nSPS) is 15.0. The maximum atomic E-state index is 9.49. The van der Waals surface area contributed by atoms with Crippen LogP contribution in [0.5, 0.6) is 0 Å². The van der Waals surface area contributed by atoms with E-state index >= 15 is 0 Å². The molecular formula is C18H35NO2. The molecule has 21 heavy (non-hydrogen) atoms. The Labute approximate surface area is 130 Å². The van der Waals surface area contributed by atoms with Crippen molar-refractivity contribution in [2.75, 3.05) is 6.61 Å². The van der Waals surface area contributed by atoms with Crippen LogP contribution in [-0.2, 0) is 0 Å². The van der Waals surface area contributed by atoms with Crippen LogP contribution in [0.15, 0.2) is 24.3 Å². The average molecular weight is 297 g/mol. The summed E-state index contributed by atoms with van der Waals surface area (Å²) >= 11 is 0. The zero-order valence-electron chi connectivity index (χ0n) is 13.7. The number of nitrogens with two attached hydrogens (primary N) is 1. The van der Waals surface area contributed by atoms with Crippen LogP contribution in [0.1, 0.15) is 71.1 Å².